The van der Waals surface area contributed by atoms with Crippen molar-refractivity contribution in [2.24, 2.45) is 0 Å². The SMILES string of the molecule is CSCC(C)N(C)CC(=O)c1ccco1. The second-order valence-corrected chi connectivity index (χ2v) is 4.53. The number of rotatable bonds is 6. The lowest BCUT2D eigenvalue weighted by atomic mass is 10.2. The number of hydrogen-bond acceptors (Lipinski definition) is 4. The van der Waals surface area contributed by atoms with E-state index in [2.05, 4.69) is 13.2 Å². The first kappa shape index (κ1) is 12.3. The van der Waals surface area contributed by atoms with Crippen molar-refractivity contribution in [2.75, 3.05) is 25.6 Å². The van der Waals surface area contributed by atoms with Gasteiger partial charge in [0.2, 0.25) is 5.78 Å². The number of furan rings is 1. The minimum absolute atomic E-state index is 0.0375. The second kappa shape index (κ2) is 5.98. The van der Waals surface area contributed by atoms with Gasteiger partial charge < -0.3 is 4.42 Å². The van der Waals surface area contributed by atoms with E-state index in [1.165, 1.54) is 6.26 Å². The van der Waals surface area contributed by atoms with Gasteiger partial charge in [0.25, 0.3) is 0 Å². The lowest BCUT2D eigenvalue weighted by Gasteiger charge is -2.22. The maximum atomic E-state index is 11.7. The van der Waals surface area contributed by atoms with Gasteiger partial charge in [-0.3, -0.25) is 9.69 Å². The monoisotopic (exact) mass is 227 g/mol. The lowest BCUT2D eigenvalue weighted by molar-refractivity contribution is 0.0903. The Bertz CT molecular complexity index is 298. The predicted molar refractivity (Wildman–Crippen MR) is 63.5 cm³/mol. The Hall–Kier alpha value is -0.740. The van der Waals surface area contributed by atoms with Gasteiger partial charge in [-0.15, -0.1) is 0 Å². The van der Waals surface area contributed by atoms with E-state index in [0.717, 1.165) is 5.75 Å². The Morgan fingerprint density at radius 1 is 1.67 bits per heavy atom. The molecule has 0 bridgehead atoms. The van der Waals surface area contributed by atoms with Crippen LogP contribution in [0.15, 0.2) is 22.8 Å². The van der Waals surface area contributed by atoms with Crippen molar-refractivity contribution in [3.63, 3.8) is 0 Å². The minimum Gasteiger partial charge on any atom is -0.461 e. The van der Waals surface area contributed by atoms with Gasteiger partial charge in [-0.2, -0.15) is 11.8 Å². The van der Waals surface area contributed by atoms with Crippen molar-refractivity contribution in [1.29, 1.82) is 0 Å². The third-order valence-corrected chi connectivity index (χ3v) is 3.17. The quantitative estimate of drug-likeness (QED) is 0.697. The van der Waals surface area contributed by atoms with Crippen LogP contribution < -0.4 is 0 Å². The van der Waals surface area contributed by atoms with E-state index in [1.807, 2.05) is 11.9 Å². The highest BCUT2D eigenvalue weighted by Gasteiger charge is 2.15. The van der Waals surface area contributed by atoms with E-state index >= 15 is 0 Å². The van der Waals surface area contributed by atoms with Crippen molar-refractivity contribution in [2.45, 2.75) is 13.0 Å². The van der Waals surface area contributed by atoms with Crippen LogP contribution in [-0.4, -0.2) is 42.3 Å². The highest BCUT2D eigenvalue weighted by atomic mass is 32.2. The number of likely N-dealkylation sites (N-methyl/N-ethyl adjacent to an activating group) is 1. The fraction of sp³-hybridized carbons (Fsp3) is 0.545. The highest BCUT2D eigenvalue weighted by Crippen LogP contribution is 2.06. The summed E-state index contributed by atoms with van der Waals surface area (Å²) in [6, 6.07) is 3.84. The molecule has 0 amide bonds. The number of hydrogen-bond donors (Lipinski definition) is 0. The van der Waals surface area contributed by atoms with Crippen LogP contribution in [0.1, 0.15) is 17.5 Å². The molecule has 0 radical (unpaired) electrons. The summed E-state index contributed by atoms with van der Waals surface area (Å²) in [7, 11) is 1.96. The molecule has 1 unspecified atom stereocenters. The lowest BCUT2D eigenvalue weighted by Crippen LogP contribution is -2.35. The molecule has 1 aromatic rings. The zero-order valence-corrected chi connectivity index (χ0v) is 10.2. The Morgan fingerprint density at radius 2 is 2.40 bits per heavy atom. The van der Waals surface area contributed by atoms with Crippen molar-refractivity contribution in [1.82, 2.24) is 4.90 Å². The van der Waals surface area contributed by atoms with Crippen molar-refractivity contribution >= 4 is 17.5 Å². The Kier molecular flexibility index (Phi) is 4.91. The summed E-state index contributed by atoms with van der Waals surface area (Å²) in [6.45, 7) is 2.53. The molecule has 0 aliphatic rings. The fourth-order valence-corrected chi connectivity index (χ4v) is 2.00. The van der Waals surface area contributed by atoms with E-state index in [1.54, 1.807) is 23.9 Å². The van der Waals surface area contributed by atoms with E-state index in [4.69, 9.17) is 4.42 Å². The van der Waals surface area contributed by atoms with Gasteiger partial charge in [-0.05, 0) is 32.4 Å². The Labute approximate surface area is 94.8 Å². The normalized spacial score (nSPS) is 13.1. The van der Waals surface area contributed by atoms with E-state index in [-0.39, 0.29) is 5.78 Å². The molecule has 0 aliphatic carbocycles. The molecule has 0 aliphatic heterocycles. The fourth-order valence-electron chi connectivity index (χ4n) is 1.27. The molecule has 0 saturated heterocycles. The molecule has 15 heavy (non-hydrogen) atoms. The molecule has 1 heterocycles. The molecular formula is C11H17NO2S. The minimum atomic E-state index is 0.0375. The first-order valence-electron chi connectivity index (χ1n) is 4.91. The molecule has 0 fully saturated rings. The van der Waals surface area contributed by atoms with E-state index in [0.29, 0.717) is 18.3 Å². The molecule has 1 atom stereocenters. The van der Waals surface area contributed by atoms with Gasteiger partial charge in [-0.25, -0.2) is 0 Å². The van der Waals surface area contributed by atoms with E-state index in [9.17, 15) is 4.79 Å². The molecule has 0 saturated carbocycles. The van der Waals surface area contributed by atoms with Crippen LogP contribution in [0.2, 0.25) is 0 Å². The maximum Gasteiger partial charge on any atom is 0.211 e. The van der Waals surface area contributed by atoms with Crippen molar-refractivity contribution < 1.29 is 9.21 Å². The smallest absolute Gasteiger partial charge is 0.211 e. The average Bonchev–Trinajstić information content (AvgIpc) is 2.70. The molecule has 4 heteroatoms. The van der Waals surface area contributed by atoms with Crippen LogP contribution in [0.5, 0.6) is 0 Å². The number of carbonyl (C=O) groups excluding carboxylic acids is 1. The molecule has 0 N–H and O–H groups in total. The summed E-state index contributed by atoms with van der Waals surface area (Å²) in [4.78, 5) is 13.7. The molecule has 0 aromatic carbocycles. The highest BCUT2D eigenvalue weighted by molar-refractivity contribution is 7.98. The van der Waals surface area contributed by atoms with Crippen LogP contribution in [0.4, 0.5) is 0 Å². The summed E-state index contributed by atoms with van der Waals surface area (Å²) < 4.78 is 5.05. The average molecular weight is 227 g/mol. The third-order valence-electron chi connectivity index (χ3n) is 2.35. The first-order valence-corrected chi connectivity index (χ1v) is 6.30. The summed E-state index contributed by atoms with van der Waals surface area (Å²) >= 11 is 1.79. The predicted octanol–water partition coefficient (Wildman–Crippen LogP) is 2.15. The van der Waals surface area contributed by atoms with Crippen molar-refractivity contribution in [3.8, 4) is 0 Å². The van der Waals surface area contributed by atoms with E-state index < -0.39 is 0 Å². The third kappa shape index (κ3) is 3.72. The maximum absolute atomic E-state index is 11.7. The topological polar surface area (TPSA) is 33.5 Å². The number of ketones is 1. The summed E-state index contributed by atoms with van der Waals surface area (Å²) in [6.07, 6.45) is 3.59. The molecule has 1 rings (SSSR count). The van der Waals surface area contributed by atoms with Crippen LogP contribution in [0.25, 0.3) is 0 Å². The molecular weight excluding hydrogens is 210 g/mol. The zero-order valence-electron chi connectivity index (χ0n) is 9.40. The van der Waals surface area contributed by atoms with Gasteiger partial charge in [0, 0.05) is 11.8 Å². The zero-order chi connectivity index (χ0) is 11.3. The second-order valence-electron chi connectivity index (χ2n) is 3.62. The van der Waals surface area contributed by atoms with Crippen LogP contribution in [0.3, 0.4) is 0 Å². The molecule has 84 valence electrons. The van der Waals surface area contributed by atoms with Gasteiger partial charge >= 0.3 is 0 Å². The number of carbonyl (C=O) groups is 1. The van der Waals surface area contributed by atoms with Crippen LogP contribution in [0, 0.1) is 0 Å². The largest absolute Gasteiger partial charge is 0.461 e. The van der Waals surface area contributed by atoms with Crippen molar-refractivity contribution in [3.05, 3.63) is 24.2 Å². The van der Waals surface area contributed by atoms with Crippen LogP contribution in [-0.2, 0) is 0 Å². The summed E-state index contributed by atoms with van der Waals surface area (Å²) in [5.74, 6) is 1.51. The number of Topliss-reactive ketones (excluding diaryl/α,β-unsaturated/α-hetero) is 1. The summed E-state index contributed by atoms with van der Waals surface area (Å²) in [5, 5.41) is 0. The molecule has 1 aromatic heterocycles. The Balaban J connectivity index is 2.44. The van der Waals surface area contributed by atoms with Gasteiger partial charge in [0.05, 0.1) is 12.8 Å². The van der Waals surface area contributed by atoms with Gasteiger partial charge in [-0.1, -0.05) is 0 Å². The number of thioether (sulfide) groups is 1. The number of nitrogens with zero attached hydrogens (tertiary/aromatic N) is 1. The summed E-state index contributed by atoms with van der Waals surface area (Å²) in [5.41, 5.74) is 0. The van der Waals surface area contributed by atoms with Crippen LogP contribution >= 0.6 is 11.8 Å². The standard InChI is InChI=1S/C11H17NO2S/c1-9(8-15-3)12(2)7-10(13)11-5-4-6-14-11/h4-6,9H,7-8H2,1-3H3. The van der Waals surface area contributed by atoms with Gasteiger partial charge in [0.1, 0.15) is 0 Å². The molecule has 0 spiro atoms. The molecule has 3 nitrogen and oxygen atoms in total. The van der Waals surface area contributed by atoms with Gasteiger partial charge in [0.15, 0.2) is 5.76 Å². The first-order chi connectivity index (χ1) is 7.15. The Morgan fingerprint density at radius 3 is 2.93 bits per heavy atom.